The standard InChI is InChI=1S/C28H23F3N2O2.C7H6F2/c1-18-4-2-6-23(10-18)33-15-21-11-25-19(12-26(21)34-16-33)8-9-20-14-32(17-35-27(20)25)24-7-3-5-22(13-24)28(29,30)31;1-5-6(8)3-2-4-7(5)9/h2-13H,14-17H2,1H3;2-4H,1H3. The SMILES string of the molecule is Cc1c(F)cccc1F.Cc1cccc(N2COc3cc4ccc5c(c4cc3C2)OCN(c2cccc(C(F)(F)F)c2)C5)c1. The molecule has 5 aromatic carbocycles. The zero-order valence-electron chi connectivity index (χ0n) is 24.1. The van der Waals surface area contributed by atoms with Crippen LogP contribution in [0, 0.1) is 25.5 Å². The lowest BCUT2D eigenvalue weighted by atomic mass is 9.99. The van der Waals surface area contributed by atoms with Crippen molar-refractivity contribution in [1.29, 1.82) is 0 Å². The third kappa shape index (κ3) is 6.00. The molecule has 0 aromatic heterocycles. The number of ether oxygens (including phenoxy) is 2. The number of rotatable bonds is 2. The summed E-state index contributed by atoms with van der Waals surface area (Å²) in [5.74, 6) is 0.661. The van der Waals surface area contributed by atoms with Gasteiger partial charge in [-0.15, -0.1) is 0 Å². The van der Waals surface area contributed by atoms with Crippen LogP contribution in [-0.2, 0) is 19.3 Å². The molecule has 5 aromatic rings. The molecule has 0 unspecified atom stereocenters. The maximum absolute atomic E-state index is 13.2. The molecule has 0 saturated carbocycles. The van der Waals surface area contributed by atoms with Gasteiger partial charge in [-0.05, 0) is 79.4 Å². The molecular weight excluding hydrogens is 575 g/mol. The van der Waals surface area contributed by atoms with Crippen LogP contribution in [0.2, 0.25) is 0 Å². The number of aryl methyl sites for hydroxylation is 1. The molecule has 0 radical (unpaired) electrons. The maximum Gasteiger partial charge on any atom is 0.416 e. The van der Waals surface area contributed by atoms with Gasteiger partial charge in [0.05, 0.1) is 5.56 Å². The third-order valence-electron chi connectivity index (χ3n) is 7.80. The highest BCUT2D eigenvalue weighted by Crippen LogP contribution is 2.40. The van der Waals surface area contributed by atoms with Crippen molar-refractivity contribution in [2.75, 3.05) is 23.3 Å². The van der Waals surface area contributed by atoms with Crippen LogP contribution in [0.4, 0.5) is 33.3 Å². The van der Waals surface area contributed by atoms with Crippen molar-refractivity contribution in [3.05, 3.63) is 130 Å². The number of nitrogens with zero attached hydrogens (tertiary/aromatic N) is 2. The Bertz CT molecular complexity index is 1820. The van der Waals surface area contributed by atoms with E-state index in [2.05, 4.69) is 36.1 Å². The molecule has 0 bridgehead atoms. The first-order valence-electron chi connectivity index (χ1n) is 14.1. The van der Waals surface area contributed by atoms with Crippen LogP contribution >= 0.6 is 0 Å². The minimum absolute atomic E-state index is 0.0810. The summed E-state index contributed by atoms with van der Waals surface area (Å²) in [5.41, 5.74) is 4.22. The van der Waals surface area contributed by atoms with Crippen molar-refractivity contribution in [1.82, 2.24) is 0 Å². The summed E-state index contributed by atoms with van der Waals surface area (Å²) in [6.45, 7) is 5.32. The van der Waals surface area contributed by atoms with Crippen molar-refractivity contribution < 1.29 is 31.4 Å². The number of alkyl halides is 3. The smallest absolute Gasteiger partial charge is 0.416 e. The molecule has 2 aliphatic rings. The van der Waals surface area contributed by atoms with Crippen molar-refractivity contribution in [3.63, 3.8) is 0 Å². The lowest BCUT2D eigenvalue weighted by molar-refractivity contribution is -0.137. The van der Waals surface area contributed by atoms with E-state index < -0.39 is 23.4 Å². The molecule has 0 spiro atoms. The van der Waals surface area contributed by atoms with Gasteiger partial charge in [-0.2, -0.15) is 13.2 Å². The monoisotopic (exact) mass is 604 g/mol. The van der Waals surface area contributed by atoms with Gasteiger partial charge in [-0.25, -0.2) is 8.78 Å². The zero-order valence-corrected chi connectivity index (χ0v) is 24.1. The highest BCUT2D eigenvalue weighted by atomic mass is 19.4. The normalized spacial score (nSPS) is 14.2. The van der Waals surface area contributed by atoms with E-state index in [4.69, 9.17) is 9.47 Å². The van der Waals surface area contributed by atoms with Crippen molar-refractivity contribution in [2.45, 2.75) is 33.1 Å². The fourth-order valence-electron chi connectivity index (χ4n) is 5.38. The Morgan fingerprint density at radius 1 is 0.659 bits per heavy atom. The van der Waals surface area contributed by atoms with Crippen LogP contribution < -0.4 is 19.3 Å². The summed E-state index contributed by atoms with van der Waals surface area (Å²) in [7, 11) is 0. The van der Waals surface area contributed by atoms with Crippen LogP contribution in [0.1, 0.15) is 27.8 Å². The van der Waals surface area contributed by atoms with Gasteiger partial charge in [0.15, 0.2) is 13.5 Å². The topological polar surface area (TPSA) is 24.9 Å². The average molecular weight is 605 g/mol. The third-order valence-corrected chi connectivity index (χ3v) is 7.80. The lowest BCUT2D eigenvalue weighted by Gasteiger charge is -2.33. The summed E-state index contributed by atoms with van der Waals surface area (Å²) < 4.78 is 76.4. The fraction of sp³-hybridized carbons (Fsp3) is 0.200. The van der Waals surface area contributed by atoms with E-state index in [-0.39, 0.29) is 12.3 Å². The number of anilines is 2. The number of fused-ring (bicyclic) bond motifs is 4. The first-order chi connectivity index (χ1) is 21.1. The van der Waals surface area contributed by atoms with Gasteiger partial charge in [0.2, 0.25) is 0 Å². The fourth-order valence-corrected chi connectivity index (χ4v) is 5.38. The Hall–Kier alpha value is -4.79. The second-order valence-corrected chi connectivity index (χ2v) is 10.9. The van der Waals surface area contributed by atoms with E-state index >= 15 is 0 Å². The van der Waals surface area contributed by atoms with Crippen molar-refractivity contribution in [2.24, 2.45) is 0 Å². The Balaban J connectivity index is 0.000000329. The molecule has 0 aliphatic carbocycles. The second-order valence-electron chi connectivity index (χ2n) is 10.9. The molecular formula is C35H29F5N2O2. The quantitative estimate of drug-likeness (QED) is 0.188. The van der Waals surface area contributed by atoms with E-state index in [1.807, 2.05) is 29.2 Å². The Kier molecular flexibility index (Phi) is 7.80. The Morgan fingerprint density at radius 3 is 1.98 bits per heavy atom. The highest BCUT2D eigenvalue weighted by molar-refractivity contribution is 5.92. The summed E-state index contributed by atoms with van der Waals surface area (Å²) >= 11 is 0. The molecule has 2 heterocycles. The van der Waals surface area contributed by atoms with Gasteiger partial charge < -0.3 is 19.3 Å². The molecule has 9 heteroatoms. The molecule has 0 saturated heterocycles. The molecule has 0 fully saturated rings. The molecule has 0 atom stereocenters. The minimum atomic E-state index is -4.38. The van der Waals surface area contributed by atoms with Crippen LogP contribution in [0.5, 0.6) is 11.5 Å². The first kappa shape index (κ1) is 29.3. The van der Waals surface area contributed by atoms with Gasteiger partial charge in [-0.1, -0.05) is 36.4 Å². The first-order valence-corrected chi connectivity index (χ1v) is 14.1. The molecule has 2 aliphatic heterocycles. The molecule has 0 amide bonds. The predicted molar refractivity (Wildman–Crippen MR) is 161 cm³/mol. The van der Waals surface area contributed by atoms with Crippen molar-refractivity contribution in [3.8, 4) is 11.5 Å². The van der Waals surface area contributed by atoms with Gasteiger partial charge in [0, 0.05) is 46.5 Å². The Labute approximate surface area is 251 Å². The van der Waals surface area contributed by atoms with Gasteiger partial charge in [0.25, 0.3) is 0 Å². The minimum Gasteiger partial charge on any atom is -0.473 e. The second kappa shape index (κ2) is 11.7. The molecule has 4 nitrogen and oxygen atoms in total. The summed E-state index contributed by atoms with van der Waals surface area (Å²) in [5, 5.41) is 2.00. The molecule has 226 valence electrons. The summed E-state index contributed by atoms with van der Waals surface area (Å²) in [6, 6.07) is 25.7. The number of halogens is 5. The number of hydrogen-bond acceptors (Lipinski definition) is 4. The summed E-state index contributed by atoms with van der Waals surface area (Å²) in [6.07, 6.45) is -4.38. The largest absolute Gasteiger partial charge is 0.473 e. The van der Waals surface area contributed by atoms with Gasteiger partial charge in [0.1, 0.15) is 23.1 Å². The van der Waals surface area contributed by atoms with E-state index in [1.165, 1.54) is 42.8 Å². The average Bonchev–Trinajstić information content (AvgIpc) is 3.02. The maximum atomic E-state index is 13.2. The van der Waals surface area contributed by atoms with E-state index in [0.29, 0.717) is 19.0 Å². The predicted octanol–water partition coefficient (Wildman–Crippen LogP) is 9.15. The van der Waals surface area contributed by atoms with Gasteiger partial charge in [-0.3, -0.25) is 0 Å². The molecule has 44 heavy (non-hydrogen) atoms. The Morgan fingerprint density at radius 2 is 1.30 bits per heavy atom. The van der Waals surface area contributed by atoms with E-state index in [9.17, 15) is 22.0 Å². The van der Waals surface area contributed by atoms with E-state index in [1.54, 1.807) is 6.07 Å². The molecule has 7 rings (SSSR count). The highest BCUT2D eigenvalue weighted by Gasteiger charge is 2.31. The zero-order chi connectivity index (χ0) is 31.0. The van der Waals surface area contributed by atoms with Crippen LogP contribution in [0.15, 0.2) is 91.0 Å². The van der Waals surface area contributed by atoms with Crippen LogP contribution in [0.25, 0.3) is 10.8 Å². The number of hydrogen-bond donors (Lipinski definition) is 0. The van der Waals surface area contributed by atoms with Crippen molar-refractivity contribution >= 4 is 22.1 Å². The molecule has 0 N–H and O–H groups in total. The van der Waals surface area contributed by atoms with Crippen LogP contribution in [-0.4, -0.2) is 13.5 Å². The van der Waals surface area contributed by atoms with Crippen LogP contribution in [0.3, 0.4) is 0 Å². The number of benzene rings is 5. The lowest BCUT2D eigenvalue weighted by Crippen LogP contribution is -2.32. The summed E-state index contributed by atoms with van der Waals surface area (Å²) in [4.78, 5) is 4.00. The van der Waals surface area contributed by atoms with Gasteiger partial charge >= 0.3 is 6.18 Å². The van der Waals surface area contributed by atoms with E-state index in [0.717, 1.165) is 51.7 Å².